The number of rotatable bonds is 4. The van der Waals surface area contributed by atoms with E-state index in [1.165, 1.54) is 0 Å². The summed E-state index contributed by atoms with van der Waals surface area (Å²) < 4.78 is 10.9. The van der Waals surface area contributed by atoms with Crippen LogP contribution in [0.5, 0.6) is 5.75 Å². The van der Waals surface area contributed by atoms with Crippen LogP contribution >= 0.6 is 11.6 Å². The summed E-state index contributed by atoms with van der Waals surface area (Å²) in [6.45, 7) is 3.81. The molecule has 0 saturated heterocycles. The van der Waals surface area contributed by atoms with E-state index in [-0.39, 0.29) is 12.8 Å². The molecule has 4 aromatic rings. The quantitative estimate of drug-likeness (QED) is 0.266. The predicted molar refractivity (Wildman–Crippen MR) is 113 cm³/mol. The number of nitrogens with zero attached hydrogens (tertiary/aromatic N) is 1. The van der Waals surface area contributed by atoms with Crippen molar-refractivity contribution in [2.45, 2.75) is 26.7 Å². The number of carbonyl (C=O) groups excluding carboxylic acids is 1. The van der Waals surface area contributed by atoms with Crippen LogP contribution in [0.15, 0.2) is 57.9 Å². The number of hydrogen-bond donors (Lipinski definition) is 0. The predicted octanol–water partition coefficient (Wildman–Crippen LogP) is 5.15. The van der Waals surface area contributed by atoms with E-state index in [1.807, 2.05) is 38.1 Å². The van der Waals surface area contributed by atoms with Gasteiger partial charge in [-0.25, -0.2) is 4.79 Å². The third-order valence-electron chi connectivity index (χ3n) is 4.93. The maximum absolute atomic E-state index is 12.4. The number of esters is 1. The van der Waals surface area contributed by atoms with Gasteiger partial charge < -0.3 is 9.15 Å². The van der Waals surface area contributed by atoms with Crippen LogP contribution in [0.25, 0.3) is 21.9 Å². The van der Waals surface area contributed by atoms with Crippen LogP contribution in [0.2, 0.25) is 5.02 Å². The molecule has 6 heteroatoms. The zero-order valence-electron chi connectivity index (χ0n) is 16.0. The standard InChI is InChI=1S/C23H18ClNO4/c1-13-5-6-15-14(2)16(23(27)29-20(15)12-13)7-10-21(26)28-19-9-8-18(24)17-4-3-11-25-22(17)19/h3-6,8-9,11-12H,7,10H2,1-2H3. The van der Waals surface area contributed by atoms with Crippen molar-refractivity contribution in [3.8, 4) is 5.75 Å². The van der Waals surface area contributed by atoms with Crippen LogP contribution in [-0.4, -0.2) is 11.0 Å². The van der Waals surface area contributed by atoms with Gasteiger partial charge in [0.25, 0.3) is 0 Å². The number of fused-ring (bicyclic) bond motifs is 2. The fourth-order valence-corrected chi connectivity index (χ4v) is 3.60. The normalized spacial score (nSPS) is 11.1. The molecule has 0 bridgehead atoms. The number of pyridine rings is 1. The van der Waals surface area contributed by atoms with E-state index in [4.69, 9.17) is 20.8 Å². The Morgan fingerprint density at radius 3 is 2.79 bits per heavy atom. The largest absolute Gasteiger partial charge is 0.424 e. The molecule has 0 fully saturated rings. The van der Waals surface area contributed by atoms with Crippen LogP contribution in [0.1, 0.15) is 23.1 Å². The second kappa shape index (κ2) is 7.68. The Balaban J connectivity index is 1.56. The zero-order valence-corrected chi connectivity index (χ0v) is 16.7. The van der Waals surface area contributed by atoms with Crippen molar-refractivity contribution < 1.29 is 13.9 Å². The highest BCUT2D eigenvalue weighted by atomic mass is 35.5. The molecule has 0 atom stereocenters. The lowest BCUT2D eigenvalue weighted by molar-refractivity contribution is -0.134. The molecule has 0 amide bonds. The number of aryl methyl sites for hydroxylation is 2. The van der Waals surface area contributed by atoms with E-state index in [0.29, 0.717) is 32.8 Å². The Bertz CT molecular complexity index is 1310. The molecule has 0 spiro atoms. The van der Waals surface area contributed by atoms with E-state index in [2.05, 4.69) is 4.98 Å². The molecule has 2 aromatic heterocycles. The molecule has 0 aliphatic rings. The van der Waals surface area contributed by atoms with Crippen LogP contribution in [-0.2, 0) is 11.2 Å². The van der Waals surface area contributed by atoms with Gasteiger partial charge in [0.05, 0.1) is 11.4 Å². The number of aromatic nitrogens is 1. The molecule has 0 radical (unpaired) electrons. The van der Waals surface area contributed by atoms with Gasteiger partial charge in [-0.3, -0.25) is 9.78 Å². The van der Waals surface area contributed by atoms with Gasteiger partial charge in [-0.1, -0.05) is 23.7 Å². The van der Waals surface area contributed by atoms with Gasteiger partial charge in [0.2, 0.25) is 0 Å². The molecule has 5 nitrogen and oxygen atoms in total. The molecule has 0 N–H and O–H groups in total. The van der Waals surface area contributed by atoms with Gasteiger partial charge in [0.15, 0.2) is 5.75 Å². The molecule has 2 heterocycles. The minimum atomic E-state index is -0.456. The van der Waals surface area contributed by atoms with E-state index in [0.717, 1.165) is 16.5 Å². The molecule has 0 aliphatic carbocycles. The van der Waals surface area contributed by atoms with Crippen molar-refractivity contribution >= 4 is 39.4 Å². The van der Waals surface area contributed by atoms with E-state index < -0.39 is 11.6 Å². The van der Waals surface area contributed by atoms with Crippen molar-refractivity contribution in [3.63, 3.8) is 0 Å². The van der Waals surface area contributed by atoms with E-state index >= 15 is 0 Å². The van der Waals surface area contributed by atoms with E-state index in [9.17, 15) is 9.59 Å². The summed E-state index contributed by atoms with van der Waals surface area (Å²) in [5, 5.41) is 2.11. The third kappa shape index (κ3) is 3.74. The Hall–Kier alpha value is -3.18. The van der Waals surface area contributed by atoms with Crippen molar-refractivity contribution in [2.24, 2.45) is 0 Å². The summed E-state index contributed by atoms with van der Waals surface area (Å²) in [6, 6.07) is 12.6. The van der Waals surface area contributed by atoms with Crippen molar-refractivity contribution in [1.82, 2.24) is 4.98 Å². The number of hydrogen-bond acceptors (Lipinski definition) is 5. The topological polar surface area (TPSA) is 69.4 Å². The molecule has 29 heavy (non-hydrogen) atoms. The van der Waals surface area contributed by atoms with Gasteiger partial charge in [0, 0.05) is 22.5 Å². The van der Waals surface area contributed by atoms with E-state index in [1.54, 1.807) is 24.4 Å². The van der Waals surface area contributed by atoms with Crippen molar-refractivity contribution in [2.75, 3.05) is 0 Å². The molecule has 0 aliphatic heterocycles. The van der Waals surface area contributed by atoms with Gasteiger partial charge in [0.1, 0.15) is 11.1 Å². The van der Waals surface area contributed by atoms with Gasteiger partial charge >= 0.3 is 11.6 Å². The molecule has 0 unspecified atom stereocenters. The number of halogens is 1. The number of carbonyl (C=O) groups is 1. The van der Waals surface area contributed by atoms with Gasteiger partial charge in [-0.05, 0) is 61.7 Å². The minimum Gasteiger partial charge on any atom is -0.424 e. The molecule has 0 saturated carbocycles. The van der Waals surface area contributed by atoms with Gasteiger partial charge in [-0.15, -0.1) is 0 Å². The Morgan fingerprint density at radius 1 is 1.14 bits per heavy atom. The van der Waals surface area contributed by atoms with Crippen molar-refractivity contribution in [3.05, 3.63) is 80.8 Å². The molecule has 146 valence electrons. The van der Waals surface area contributed by atoms with Crippen LogP contribution in [0.4, 0.5) is 0 Å². The second-order valence-electron chi connectivity index (χ2n) is 6.91. The molecular formula is C23H18ClNO4. The second-order valence-corrected chi connectivity index (χ2v) is 7.32. The highest BCUT2D eigenvalue weighted by Gasteiger charge is 2.15. The Kier molecular flexibility index (Phi) is 5.07. The van der Waals surface area contributed by atoms with Crippen LogP contribution < -0.4 is 10.4 Å². The fourth-order valence-electron chi connectivity index (χ4n) is 3.39. The first-order chi connectivity index (χ1) is 13.9. The summed E-state index contributed by atoms with van der Waals surface area (Å²) in [4.78, 5) is 29.1. The Morgan fingerprint density at radius 2 is 1.97 bits per heavy atom. The SMILES string of the molecule is Cc1ccc2c(C)c(CCC(=O)Oc3ccc(Cl)c4cccnc34)c(=O)oc2c1. The first kappa shape index (κ1) is 19.2. The third-order valence-corrected chi connectivity index (χ3v) is 5.25. The summed E-state index contributed by atoms with van der Waals surface area (Å²) in [6.07, 6.45) is 1.89. The lowest BCUT2D eigenvalue weighted by Crippen LogP contribution is -2.15. The average molecular weight is 408 g/mol. The average Bonchev–Trinajstić information content (AvgIpc) is 2.70. The molecular weight excluding hydrogens is 390 g/mol. The monoisotopic (exact) mass is 407 g/mol. The molecule has 4 rings (SSSR count). The highest BCUT2D eigenvalue weighted by Crippen LogP contribution is 2.30. The lowest BCUT2D eigenvalue weighted by Gasteiger charge is -2.10. The maximum atomic E-state index is 12.4. The summed E-state index contributed by atoms with van der Waals surface area (Å²) in [5.74, 6) is -0.116. The highest BCUT2D eigenvalue weighted by molar-refractivity contribution is 6.35. The van der Waals surface area contributed by atoms with Crippen LogP contribution in [0.3, 0.4) is 0 Å². The zero-order chi connectivity index (χ0) is 20.5. The van der Waals surface area contributed by atoms with Crippen LogP contribution in [0, 0.1) is 13.8 Å². The smallest absolute Gasteiger partial charge is 0.339 e. The summed E-state index contributed by atoms with van der Waals surface area (Å²) in [7, 11) is 0. The maximum Gasteiger partial charge on any atom is 0.339 e. The number of ether oxygens (including phenoxy) is 1. The summed E-state index contributed by atoms with van der Waals surface area (Å²) >= 11 is 6.17. The first-order valence-corrected chi connectivity index (χ1v) is 9.58. The summed E-state index contributed by atoms with van der Waals surface area (Å²) in [5.41, 5.74) is 2.97. The first-order valence-electron chi connectivity index (χ1n) is 9.21. The minimum absolute atomic E-state index is 0.0416. The number of benzene rings is 2. The lowest BCUT2D eigenvalue weighted by atomic mass is 10.0. The Labute approximate surface area is 171 Å². The fraction of sp³-hybridized carbons (Fsp3) is 0.174. The van der Waals surface area contributed by atoms with Gasteiger partial charge in [-0.2, -0.15) is 0 Å². The van der Waals surface area contributed by atoms with Crippen molar-refractivity contribution in [1.29, 1.82) is 0 Å². The molecule has 2 aromatic carbocycles.